The highest BCUT2D eigenvalue weighted by Gasteiger charge is 2.27. The normalized spacial score (nSPS) is 14.1. The van der Waals surface area contributed by atoms with Gasteiger partial charge in [0.05, 0.1) is 11.2 Å². The molecule has 28 heavy (non-hydrogen) atoms. The number of carbonyl (C=O) groups excluding carboxylic acids is 1. The minimum Gasteiger partial charge on any atom is -0.397 e. The predicted molar refractivity (Wildman–Crippen MR) is 116 cm³/mol. The molecule has 5 rings (SSSR count). The van der Waals surface area contributed by atoms with Gasteiger partial charge in [-0.25, -0.2) is 4.98 Å². The van der Waals surface area contributed by atoms with Gasteiger partial charge in [-0.1, -0.05) is 32.0 Å². The van der Waals surface area contributed by atoms with Crippen molar-refractivity contribution in [3.05, 3.63) is 58.2 Å². The topological polar surface area (TPSA) is 60.9 Å². The van der Waals surface area contributed by atoms with Gasteiger partial charge in [-0.3, -0.25) is 9.36 Å². The molecule has 0 unspecified atom stereocenters. The number of hydrogen-bond donors (Lipinski definition) is 1. The van der Waals surface area contributed by atoms with E-state index < -0.39 is 0 Å². The first-order chi connectivity index (χ1) is 13.6. The van der Waals surface area contributed by atoms with E-state index >= 15 is 0 Å². The Balaban J connectivity index is 1.71. The van der Waals surface area contributed by atoms with E-state index in [1.54, 1.807) is 0 Å². The molecule has 2 N–H and O–H groups in total. The Labute approximate surface area is 168 Å². The predicted octanol–water partition coefficient (Wildman–Crippen LogP) is 5.52. The molecule has 142 valence electrons. The Morgan fingerprint density at radius 3 is 2.71 bits per heavy atom. The van der Waals surface area contributed by atoms with E-state index in [0.717, 1.165) is 46.4 Å². The summed E-state index contributed by atoms with van der Waals surface area (Å²) in [6.07, 6.45) is 4.29. The summed E-state index contributed by atoms with van der Waals surface area (Å²) in [5.41, 5.74) is 11.5. The first kappa shape index (κ1) is 17.4. The lowest BCUT2D eigenvalue weighted by atomic mass is 9.95. The van der Waals surface area contributed by atoms with Crippen LogP contribution in [0.5, 0.6) is 0 Å². The summed E-state index contributed by atoms with van der Waals surface area (Å²) in [7, 11) is 0. The lowest BCUT2D eigenvalue weighted by Gasteiger charge is -2.14. The standard InChI is InChI=1S/C23H23N3OS/c1-13(2)17-12-11-16-20(24)21(28-22(16)25-17)23(27)26-18-9-5-3-7-14(18)15-8-4-6-10-19(15)26/h3,5,7,9,11-13H,4,6,8,10,24H2,1-2H3. The van der Waals surface area contributed by atoms with Gasteiger partial charge in [0.1, 0.15) is 9.71 Å². The number of anilines is 1. The Kier molecular flexibility index (Phi) is 4.02. The summed E-state index contributed by atoms with van der Waals surface area (Å²) >= 11 is 1.41. The summed E-state index contributed by atoms with van der Waals surface area (Å²) in [4.78, 5) is 19.9. The zero-order chi connectivity index (χ0) is 19.4. The fraction of sp³-hybridized carbons (Fsp3) is 0.304. The van der Waals surface area contributed by atoms with Crippen molar-refractivity contribution in [1.82, 2.24) is 9.55 Å². The van der Waals surface area contributed by atoms with Gasteiger partial charge >= 0.3 is 0 Å². The number of pyridine rings is 1. The summed E-state index contributed by atoms with van der Waals surface area (Å²) in [6.45, 7) is 4.24. The maximum absolute atomic E-state index is 13.7. The van der Waals surface area contributed by atoms with E-state index in [9.17, 15) is 4.79 Å². The van der Waals surface area contributed by atoms with Crippen LogP contribution in [0, 0.1) is 0 Å². The van der Waals surface area contributed by atoms with Crippen molar-refractivity contribution in [3.63, 3.8) is 0 Å². The van der Waals surface area contributed by atoms with Gasteiger partial charge in [0.2, 0.25) is 0 Å². The Bertz CT molecular complexity index is 1230. The molecule has 1 aliphatic rings. The molecule has 0 spiro atoms. The van der Waals surface area contributed by atoms with Gasteiger partial charge in [-0.05, 0) is 55.4 Å². The maximum Gasteiger partial charge on any atom is 0.274 e. The van der Waals surface area contributed by atoms with Crippen LogP contribution in [0.15, 0.2) is 36.4 Å². The molecule has 3 heterocycles. The number of nitrogens with zero attached hydrogens (tertiary/aromatic N) is 2. The van der Waals surface area contributed by atoms with Crippen LogP contribution >= 0.6 is 11.3 Å². The summed E-state index contributed by atoms with van der Waals surface area (Å²) < 4.78 is 1.91. The molecule has 4 nitrogen and oxygen atoms in total. The van der Waals surface area contributed by atoms with E-state index in [1.807, 2.05) is 28.8 Å². The lowest BCUT2D eigenvalue weighted by Crippen LogP contribution is -2.17. The van der Waals surface area contributed by atoms with Crippen LogP contribution in [-0.4, -0.2) is 15.5 Å². The van der Waals surface area contributed by atoms with Crippen LogP contribution in [0.4, 0.5) is 5.69 Å². The molecule has 0 saturated carbocycles. The number of carbonyl (C=O) groups is 1. The number of rotatable bonds is 2. The Morgan fingerprint density at radius 1 is 1.11 bits per heavy atom. The number of aryl methyl sites for hydroxylation is 1. The van der Waals surface area contributed by atoms with Crippen molar-refractivity contribution in [3.8, 4) is 0 Å². The molecule has 0 bridgehead atoms. The van der Waals surface area contributed by atoms with E-state index in [-0.39, 0.29) is 5.91 Å². The molecule has 0 aliphatic heterocycles. The minimum absolute atomic E-state index is 0.0223. The van der Waals surface area contributed by atoms with E-state index in [4.69, 9.17) is 10.7 Å². The van der Waals surface area contributed by atoms with Crippen LogP contribution in [0.1, 0.15) is 59.2 Å². The zero-order valence-corrected chi connectivity index (χ0v) is 17.0. The first-order valence-corrected chi connectivity index (χ1v) is 10.7. The van der Waals surface area contributed by atoms with Gasteiger partial charge in [0, 0.05) is 22.2 Å². The number of fused-ring (bicyclic) bond motifs is 4. The van der Waals surface area contributed by atoms with E-state index in [2.05, 4.69) is 26.0 Å². The third-order valence-corrected chi connectivity index (χ3v) is 6.89. The zero-order valence-electron chi connectivity index (χ0n) is 16.2. The van der Waals surface area contributed by atoms with Gasteiger partial charge < -0.3 is 5.73 Å². The Hall–Kier alpha value is -2.66. The maximum atomic E-state index is 13.7. The van der Waals surface area contributed by atoms with E-state index in [1.165, 1.54) is 28.7 Å². The van der Waals surface area contributed by atoms with Crippen LogP contribution in [-0.2, 0) is 12.8 Å². The summed E-state index contributed by atoms with van der Waals surface area (Å²) in [5.74, 6) is 0.318. The molecule has 3 aromatic heterocycles. The molecule has 0 atom stereocenters. The number of hydrogen-bond acceptors (Lipinski definition) is 4. The van der Waals surface area contributed by atoms with Gasteiger partial charge in [-0.2, -0.15) is 0 Å². The third-order valence-electron chi connectivity index (χ3n) is 5.78. The van der Waals surface area contributed by atoms with Gasteiger partial charge in [0.15, 0.2) is 0 Å². The molecule has 4 aromatic rings. The summed E-state index contributed by atoms with van der Waals surface area (Å²) in [5, 5.41) is 2.08. The van der Waals surface area contributed by atoms with Crippen molar-refractivity contribution >= 4 is 44.1 Å². The largest absolute Gasteiger partial charge is 0.397 e. The average Bonchev–Trinajstić information content (AvgIpc) is 3.22. The second kappa shape index (κ2) is 6.45. The van der Waals surface area contributed by atoms with Crippen molar-refractivity contribution in [1.29, 1.82) is 0 Å². The number of nitrogens with two attached hydrogens (primary N) is 1. The fourth-order valence-corrected chi connectivity index (χ4v) is 5.35. The molecular formula is C23H23N3OS. The number of benzene rings is 1. The highest BCUT2D eigenvalue weighted by atomic mass is 32.1. The highest BCUT2D eigenvalue weighted by molar-refractivity contribution is 7.21. The van der Waals surface area contributed by atoms with Crippen LogP contribution in [0.3, 0.4) is 0 Å². The fourth-order valence-electron chi connectivity index (χ4n) is 4.32. The number of thiophene rings is 1. The summed E-state index contributed by atoms with van der Waals surface area (Å²) in [6, 6.07) is 12.2. The lowest BCUT2D eigenvalue weighted by molar-refractivity contribution is 0.0966. The number of para-hydroxylation sites is 1. The molecule has 0 saturated heterocycles. The second-order valence-corrected chi connectivity index (χ2v) is 8.88. The smallest absolute Gasteiger partial charge is 0.274 e. The highest BCUT2D eigenvalue weighted by Crippen LogP contribution is 2.37. The molecule has 1 aliphatic carbocycles. The van der Waals surface area contributed by atoms with Crippen molar-refractivity contribution in [2.24, 2.45) is 0 Å². The third kappa shape index (κ3) is 2.49. The molecule has 5 heteroatoms. The van der Waals surface area contributed by atoms with Gasteiger partial charge in [0.25, 0.3) is 5.91 Å². The van der Waals surface area contributed by atoms with Crippen LogP contribution in [0.25, 0.3) is 21.1 Å². The average molecular weight is 390 g/mol. The van der Waals surface area contributed by atoms with Crippen molar-refractivity contribution in [2.45, 2.75) is 45.4 Å². The molecular weight excluding hydrogens is 366 g/mol. The molecule has 0 fully saturated rings. The first-order valence-electron chi connectivity index (χ1n) is 9.91. The number of nitrogen functional groups attached to an aromatic ring is 1. The molecule has 0 radical (unpaired) electrons. The monoisotopic (exact) mass is 389 g/mol. The van der Waals surface area contributed by atoms with E-state index in [0.29, 0.717) is 16.5 Å². The second-order valence-electron chi connectivity index (χ2n) is 7.88. The Morgan fingerprint density at radius 2 is 1.89 bits per heavy atom. The van der Waals surface area contributed by atoms with Crippen molar-refractivity contribution in [2.75, 3.05) is 5.73 Å². The number of aromatic nitrogens is 2. The molecule has 1 aromatic carbocycles. The van der Waals surface area contributed by atoms with Crippen LogP contribution < -0.4 is 5.73 Å². The quantitative estimate of drug-likeness (QED) is 0.491. The van der Waals surface area contributed by atoms with Crippen LogP contribution in [0.2, 0.25) is 0 Å². The van der Waals surface area contributed by atoms with Gasteiger partial charge in [-0.15, -0.1) is 11.3 Å². The molecule has 0 amide bonds. The van der Waals surface area contributed by atoms with Crippen molar-refractivity contribution < 1.29 is 4.79 Å². The minimum atomic E-state index is -0.0223. The SMILES string of the molecule is CC(C)c1ccc2c(N)c(C(=O)n3c4c(c5ccccc53)CCCC4)sc2n1.